The minimum absolute atomic E-state index is 0.0848. The first-order valence-electron chi connectivity index (χ1n) is 10.4. The summed E-state index contributed by atoms with van der Waals surface area (Å²) in [5, 5.41) is 4.60. The van der Waals surface area contributed by atoms with Crippen molar-refractivity contribution in [3.8, 4) is 28.0 Å². The highest BCUT2D eigenvalue weighted by Crippen LogP contribution is 2.34. The zero-order valence-electron chi connectivity index (χ0n) is 17.9. The third-order valence-corrected chi connectivity index (χ3v) is 6.09. The molecule has 0 unspecified atom stereocenters. The van der Waals surface area contributed by atoms with E-state index in [1.54, 1.807) is 18.6 Å². The van der Waals surface area contributed by atoms with Crippen molar-refractivity contribution in [2.75, 3.05) is 0 Å². The standard InChI is InChI=1S/C25H16F3IN4O2/c26-25(27,28)35-20-7-1-16(2-8-20)15-33-24(34)32-14-11-21(17-3-5-19(29)6-4-17)22(23(32)31-33)18-9-12-30-13-10-18/h1-14H,15H2. The Labute approximate surface area is 210 Å². The van der Waals surface area contributed by atoms with E-state index in [-0.39, 0.29) is 18.0 Å². The molecule has 176 valence electrons. The van der Waals surface area contributed by atoms with Crippen molar-refractivity contribution in [1.29, 1.82) is 0 Å². The van der Waals surface area contributed by atoms with E-state index in [1.165, 1.54) is 33.3 Å². The first-order valence-corrected chi connectivity index (χ1v) is 11.5. The van der Waals surface area contributed by atoms with Gasteiger partial charge in [0.1, 0.15) is 5.75 Å². The van der Waals surface area contributed by atoms with Gasteiger partial charge < -0.3 is 4.74 Å². The van der Waals surface area contributed by atoms with Crippen LogP contribution in [0.2, 0.25) is 0 Å². The summed E-state index contributed by atoms with van der Waals surface area (Å²) in [6.07, 6.45) is 0.268. The van der Waals surface area contributed by atoms with Gasteiger partial charge in [0.2, 0.25) is 0 Å². The molecule has 35 heavy (non-hydrogen) atoms. The molecule has 0 aliphatic carbocycles. The molecule has 0 bridgehead atoms. The minimum atomic E-state index is -4.77. The van der Waals surface area contributed by atoms with Crippen molar-refractivity contribution in [3.05, 3.63) is 105 Å². The van der Waals surface area contributed by atoms with Crippen LogP contribution >= 0.6 is 22.6 Å². The quantitative estimate of drug-likeness (QED) is 0.245. The maximum absolute atomic E-state index is 13.1. The van der Waals surface area contributed by atoms with Crippen molar-refractivity contribution in [2.24, 2.45) is 0 Å². The van der Waals surface area contributed by atoms with E-state index in [1.807, 2.05) is 42.5 Å². The second-order valence-electron chi connectivity index (χ2n) is 7.67. The van der Waals surface area contributed by atoms with Crippen molar-refractivity contribution < 1.29 is 17.9 Å². The predicted molar refractivity (Wildman–Crippen MR) is 133 cm³/mol. The fourth-order valence-electron chi connectivity index (χ4n) is 3.82. The lowest BCUT2D eigenvalue weighted by Gasteiger charge is -2.11. The number of alkyl halides is 3. The molecule has 6 nitrogen and oxygen atoms in total. The van der Waals surface area contributed by atoms with E-state index >= 15 is 0 Å². The van der Waals surface area contributed by atoms with Gasteiger partial charge in [0.05, 0.1) is 6.54 Å². The number of benzene rings is 2. The summed E-state index contributed by atoms with van der Waals surface area (Å²) in [5.41, 5.74) is 4.22. The first-order chi connectivity index (χ1) is 16.8. The van der Waals surface area contributed by atoms with E-state index in [9.17, 15) is 18.0 Å². The number of halogens is 4. The van der Waals surface area contributed by atoms with Crippen LogP contribution < -0.4 is 10.4 Å². The van der Waals surface area contributed by atoms with E-state index in [0.717, 1.165) is 25.8 Å². The molecule has 0 saturated carbocycles. The second-order valence-corrected chi connectivity index (χ2v) is 8.92. The number of fused-ring (bicyclic) bond motifs is 1. The van der Waals surface area contributed by atoms with Crippen LogP contribution in [-0.2, 0) is 6.54 Å². The Balaban J connectivity index is 1.60. The summed E-state index contributed by atoms with van der Waals surface area (Å²) in [6, 6.07) is 19.0. The fourth-order valence-corrected chi connectivity index (χ4v) is 4.18. The lowest BCUT2D eigenvalue weighted by molar-refractivity contribution is -0.274. The van der Waals surface area contributed by atoms with E-state index in [2.05, 4.69) is 37.4 Å². The number of rotatable bonds is 5. The Bertz CT molecular complexity index is 1550. The summed E-state index contributed by atoms with van der Waals surface area (Å²) in [7, 11) is 0. The third-order valence-electron chi connectivity index (χ3n) is 5.37. The molecule has 10 heteroatoms. The number of pyridine rings is 2. The molecule has 0 aliphatic rings. The average molecular weight is 588 g/mol. The molecule has 2 aromatic carbocycles. The van der Waals surface area contributed by atoms with Gasteiger partial charge in [-0.3, -0.25) is 4.98 Å². The molecule has 0 atom stereocenters. The molecule has 5 rings (SSSR count). The van der Waals surface area contributed by atoms with E-state index in [4.69, 9.17) is 0 Å². The molecule has 0 saturated heterocycles. The van der Waals surface area contributed by atoms with Crippen LogP contribution in [0.25, 0.3) is 27.9 Å². The summed E-state index contributed by atoms with van der Waals surface area (Å²) in [4.78, 5) is 17.2. The van der Waals surface area contributed by atoms with Crippen LogP contribution in [0.5, 0.6) is 5.75 Å². The summed E-state index contributed by atoms with van der Waals surface area (Å²) in [6.45, 7) is 0.0848. The number of ether oxygens (including phenoxy) is 1. The predicted octanol–water partition coefficient (Wildman–Crippen LogP) is 5.78. The Morgan fingerprint density at radius 3 is 2.23 bits per heavy atom. The van der Waals surface area contributed by atoms with Crippen LogP contribution in [0.15, 0.2) is 90.1 Å². The molecule has 0 spiro atoms. The highest BCUT2D eigenvalue weighted by Gasteiger charge is 2.31. The van der Waals surface area contributed by atoms with Crippen LogP contribution in [0.3, 0.4) is 0 Å². The molecular formula is C25H16F3IN4O2. The molecule has 0 fully saturated rings. The van der Waals surface area contributed by atoms with Crippen LogP contribution in [0.4, 0.5) is 13.2 Å². The largest absolute Gasteiger partial charge is 0.573 e. The van der Waals surface area contributed by atoms with Gasteiger partial charge in [-0.25, -0.2) is 13.9 Å². The van der Waals surface area contributed by atoms with Gasteiger partial charge in [0.15, 0.2) is 5.65 Å². The van der Waals surface area contributed by atoms with Gasteiger partial charge in [0.25, 0.3) is 0 Å². The lowest BCUT2D eigenvalue weighted by atomic mass is 9.96. The van der Waals surface area contributed by atoms with Gasteiger partial charge in [-0.15, -0.1) is 18.3 Å². The number of hydrogen-bond donors (Lipinski definition) is 0. The summed E-state index contributed by atoms with van der Waals surface area (Å²) >= 11 is 2.24. The Kier molecular flexibility index (Phi) is 6.05. The van der Waals surface area contributed by atoms with Gasteiger partial charge >= 0.3 is 12.1 Å². The number of hydrogen-bond acceptors (Lipinski definition) is 4. The van der Waals surface area contributed by atoms with E-state index < -0.39 is 6.36 Å². The minimum Gasteiger partial charge on any atom is -0.406 e. The van der Waals surface area contributed by atoms with Gasteiger partial charge in [0, 0.05) is 27.7 Å². The highest BCUT2D eigenvalue weighted by atomic mass is 127. The molecule has 0 aliphatic heterocycles. The number of nitrogens with zero attached hydrogens (tertiary/aromatic N) is 4. The van der Waals surface area contributed by atoms with Crippen molar-refractivity contribution >= 4 is 28.2 Å². The number of aromatic nitrogens is 4. The normalized spacial score (nSPS) is 11.7. The molecular weight excluding hydrogens is 572 g/mol. The van der Waals surface area contributed by atoms with Gasteiger partial charge in [-0.1, -0.05) is 24.3 Å². The van der Waals surface area contributed by atoms with Crippen molar-refractivity contribution in [3.63, 3.8) is 0 Å². The molecule has 3 heterocycles. The molecule has 3 aromatic heterocycles. The first kappa shape index (κ1) is 23.1. The third kappa shape index (κ3) is 4.92. The molecule has 0 radical (unpaired) electrons. The zero-order valence-corrected chi connectivity index (χ0v) is 20.1. The SMILES string of the molecule is O=c1n(Cc2ccc(OC(F)(F)F)cc2)nc2c(-c3ccncc3)c(-c3ccc(I)cc3)ccn12. The van der Waals surface area contributed by atoms with Crippen LogP contribution in [0.1, 0.15) is 5.56 Å². The summed E-state index contributed by atoms with van der Waals surface area (Å²) < 4.78 is 45.1. The van der Waals surface area contributed by atoms with E-state index in [0.29, 0.717) is 11.2 Å². The van der Waals surface area contributed by atoms with Crippen molar-refractivity contribution in [2.45, 2.75) is 12.9 Å². The Hall–Kier alpha value is -3.67. The smallest absolute Gasteiger partial charge is 0.406 e. The van der Waals surface area contributed by atoms with Crippen LogP contribution in [-0.4, -0.2) is 25.5 Å². The molecule has 5 aromatic rings. The van der Waals surface area contributed by atoms with Crippen LogP contribution in [0, 0.1) is 3.57 Å². The summed E-state index contributed by atoms with van der Waals surface area (Å²) in [5.74, 6) is -0.328. The Morgan fingerprint density at radius 1 is 0.886 bits per heavy atom. The molecule has 0 N–H and O–H groups in total. The maximum atomic E-state index is 13.1. The monoisotopic (exact) mass is 588 g/mol. The maximum Gasteiger partial charge on any atom is 0.573 e. The van der Waals surface area contributed by atoms with Gasteiger partial charge in [-0.05, 0) is 87.3 Å². The fraction of sp³-hybridized carbons (Fsp3) is 0.0800. The second kappa shape index (κ2) is 9.17. The van der Waals surface area contributed by atoms with Crippen molar-refractivity contribution in [1.82, 2.24) is 19.2 Å². The lowest BCUT2D eigenvalue weighted by Crippen LogP contribution is -2.21. The van der Waals surface area contributed by atoms with Gasteiger partial charge in [-0.2, -0.15) is 0 Å². The highest BCUT2D eigenvalue weighted by molar-refractivity contribution is 14.1. The zero-order chi connectivity index (χ0) is 24.6. The topological polar surface area (TPSA) is 61.4 Å². The molecule has 0 amide bonds. The Morgan fingerprint density at radius 2 is 1.57 bits per heavy atom. The average Bonchev–Trinajstić information content (AvgIpc) is 3.15.